The van der Waals surface area contributed by atoms with Gasteiger partial charge in [0.05, 0.1) is 10.7 Å². The summed E-state index contributed by atoms with van der Waals surface area (Å²) in [5, 5.41) is 9.42. The van der Waals surface area contributed by atoms with Crippen molar-refractivity contribution in [3.8, 4) is 5.75 Å². The zero-order valence-corrected chi connectivity index (χ0v) is 13.9. The first-order valence-corrected chi connectivity index (χ1v) is 7.88. The lowest BCUT2D eigenvalue weighted by Crippen LogP contribution is -2.07. The molecule has 0 bridgehead atoms. The van der Waals surface area contributed by atoms with E-state index >= 15 is 0 Å². The Morgan fingerprint density at radius 1 is 1.07 bits per heavy atom. The van der Waals surface area contributed by atoms with E-state index in [-0.39, 0.29) is 10.7 Å². The van der Waals surface area contributed by atoms with E-state index in [2.05, 4.69) is 0 Å². The summed E-state index contributed by atoms with van der Waals surface area (Å²) in [4.78, 5) is -0.598. The first-order valence-electron chi connectivity index (χ1n) is 3.20. The maximum Gasteiger partial charge on any atom is 0.296 e. The van der Waals surface area contributed by atoms with Gasteiger partial charge in [0, 0.05) is 0 Å². The summed E-state index contributed by atoms with van der Waals surface area (Å²) >= 11 is 4.55. The van der Waals surface area contributed by atoms with Gasteiger partial charge in [0.15, 0.2) is 5.82 Å². The van der Waals surface area contributed by atoms with Crippen LogP contribution in [-0.2, 0) is 10.1 Å². The molecular formula is C6H2FI3O4S. The van der Waals surface area contributed by atoms with Crippen molar-refractivity contribution in [1.29, 1.82) is 0 Å². The van der Waals surface area contributed by atoms with E-state index in [0.717, 1.165) is 0 Å². The molecule has 0 saturated carbocycles. The Labute approximate surface area is 126 Å². The molecule has 2 N–H and O–H groups in total. The van der Waals surface area contributed by atoms with Crippen LogP contribution in [0.1, 0.15) is 0 Å². The molecule has 0 aliphatic rings. The van der Waals surface area contributed by atoms with Crippen LogP contribution in [0.5, 0.6) is 5.75 Å². The van der Waals surface area contributed by atoms with Gasteiger partial charge in [-0.25, -0.2) is 4.39 Å². The zero-order valence-electron chi connectivity index (χ0n) is 6.63. The summed E-state index contributed by atoms with van der Waals surface area (Å²) in [5.74, 6) is -1.34. The van der Waals surface area contributed by atoms with Gasteiger partial charge in [0.2, 0.25) is 0 Å². The van der Waals surface area contributed by atoms with Gasteiger partial charge in [0.25, 0.3) is 10.1 Å². The van der Waals surface area contributed by atoms with Crippen molar-refractivity contribution >= 4 is 77.9 Å². The van der Waals surface area contributed by atoms with Crippen molar-refractivity contribution < 1.29 is 22.5 Å². The summed E-state index contributed by atoms with van der Waals surface area (Å²) in [6.45, 7) is 0. The van der Waals surface area contributed by atoms with Crippen molar-refractivity contribution in [1.82, 2.24) is 0 Å². The third kappa shape index (κ3) is 2.66. The van der Waals surface area contributed by atoms with E-state index < -0.39 is 26.6 Å². The van der Waals surface area contributed by atoms with Crippen LogP contribution in [0.25, 0.3) is 0 Å². The van der Waals surface area contributed by atoms with Gasteiger partial charge in [0.1, 0.15) is 10.6 Å². The molecule has 0 radical (unpaired) electrons. The molecule has 0 fully saturated rings. The second-order valence-electron chi connectivity index (χ2n) is 2.41. The fourth-order valence-electron chi connectivity index (χ4n) is 0.827. The van der Waals surface area contributed by atoms with Crippen LogP contribution in [0.2, 0.25) is 0 Å². The lowest BCUT2D eigenvalue weighted by atomic mass is 10.3. The molecule has 9 heteroatoms. The molecule has 84 valence electrons. The predicted molar refractivity (Wildman–Crippen MR) is 76.0 cm³/mol. The number of rotatable bonds is 1. The third-order valence-electron chi connectivity index (χ3n) is 1.46. The Morgan fingerprint density at radius 3 is 1.93 bits per heavy atom. The summed E-state index contributed by atoms with van der Waals surface area (Å²) in [6, 6.07) is 0. The van der Waals surface area contributed by atoms with Crippen LogP contribution < -0.4 is 0 Å². The molecule has 0 amide bonds. The van der Waals surface area contributed by atoms with Gasteiger partial charge in [-0.1, -0.05) is 0 Å². The highest BCUT2D eigenvalue weighted by molar-refractivity contribution is 14.1. The average Bonchev–Trinajstić information content (AvgIpc) is 2.09. The number of hydrogen-bond acceptors (Lipinski definition) is 3. The molecule has 0 aliphatic heterocycles. The fourth-order valence-corrected chi connectivity index (χ4v) is 6.30. The van der Waals surface area contributed by atoms with E-state index in [0.29, 0.717) is 0 Å². The lowest BCUT2D eigenvalue weighted by Gasteiger charge is -2.09. The molecule has 15 heavy (non-hydrogen) atoms. The number of halogens is 4. The van der Waals surface area contributed by atoms with Gasteiger partial charge in [-0.15, -0.1) is 0 Å². The molecule has 0 unspecified atom stereocenters. The van der Waals surface area contributed by atoms with Gasteiger partial charge in [-0.2, -0.15) is 8.42 Å². The van der Waals surface area contributed by atoms with E-state index in [9.17, 15) is 17.9 Å². The molecule has 0 atom stereocenters. The highest BCUT2D eigenvalue weighted by Gasteiger charge is 2.27. The Balaban J connectivity index is 3.84. The molecule has 0 spiro atoms. The molecule has 1 rings (SSSR count). The molecule has 1 aromatic carbocycles. The quantitative estimate of drug-likeness (QED) is 0.236. The monoisotopic (exact) mass is 570 g/mol. The van der Waals surface area contributed by atoms with Crippen LogP contribution in [0.3, 0.4) is 0 Å². The molecule has 4 nitrogen and oxygen atoms in total. The van der Waals surface area contributed by atoms with Crippen molar-refractivity contribution in [2.75, 3.05) is 0 Å². The maximum atomic E-state index is 13.4. The summed E-state index contributed by atoms with van der Waals surface area (Å²) < 4.78 is 43.8. The van der Waals surface area contributed by atoms with E-state index in [1.165, 1.54) is 45.2 Å². The van der Waals surface area contributed by atoms with Crippen LogP contribution in [-0.4, -0.2) is 18.1 Å². The minimum Gasteiger partial charge on any atom is -0.506 e. The lowest BCUT2D eigenvalue weighted by molar-refractivity contribution is 0.448. The highest BCUT2D eigenvalue weighted by atomic mass is 127. The fraction of sp³-hybridized carbons (Fsp3) is 0. The van der Waals surface area contributed by atoms with Gasteiger partial charge >= 0.3 is 0 Å². The summed E-state index contributed by atoms with van der Waals surface area (Å²) in [5.41, 5.74) is 0. The van der Waals surface area contributed by atoms with Gasteiger partial charge < -0.3 is 5.11 Å². The Bertz CT molecular complexity index is 499. The number of hydrogen-bond donors (Lipinski definition) is 2. The summed E-state index contributed by atoms with van der Waals surface area (Å²) in [6.07, 6.45) is 0. The minimum atomic E-state index is -4.54. The first-order chi connectivity index (χ1) is 6.68. The standard InChI is InChI=1S/C6H2FI3O4S/c7-1-2(8)5(11)4(10)6(3(1)9)15(12,13)14/h11H,(H,12,13,14). The molecular weight excluding hydrogens is 568 g/mol. The van der Waals surface area contributed by atoms with Crippen molar-refractivity contribution in [3.63, 3.8) is 0 Å². The molecule has 0 saturated heterocycles. The van der Waals surface area contributed by atoms with Crippen molar-refractivity contribution in [2.24, 2.45) is 0 Å². The topological polar surface area (TPSA) is 74.6 Å². The van der Waals surface area contributed by atoms with Crippen molar-refractivity contribution in [2.45, 2.75) is 4.90 Å². The normalized spacial score (nSPS) is 11.8. The molecule has 0 aromatic heterocycles. The van der Waals surface area contributed by atoms with Gasteiger partial charge in [-0.3, -0.25) is 4.55 Å². The second kappa shape index (κ2) is 4.73. The molecule has 0 heterocycles. The average molecular weight is 570 g/mol. The predicted octanol–water partition coefficient (Wildman–Crippen LogP) is 2.59. The maximum absolute atomic E-state index is 13.4. The van der Waals surface area contributed by atoms with Crippen LogP contribution in [0.4, 0.5) is 4.39 Å². The minimum absolute atomic E-state index is 0.0752. The Morgan fingerprint density at radius 2 is 1.53 bits per heavy atom. The second-order valence-corrected chi connectivity index (χ2v) is 7.00. The zero-order chi connectivity index (χ0) is 12.0. The number of phenols is 1. The largest absolute Gasteiger partial charge is 0.506 e. The first kappa shape index (κ1) is 14.1. The van der Waals surface area contributed by atoms with Crippen LogP contribution in [0.15, 0.2) is 4.90 Å². The SMILES string of the molecule is O=S(=O)(O)c1c(I)c(O)c(I)c(F)c1I. The van der Waals surface area contributed by atoms with E-state index in [4.69, 9.17) is 4.55 Å². The van der Waals surface area contributed by atoms with E-state index in [1.54, 1.807) is 22.6 Å². The Kier molecular flexibility index (Phi) is 4.45. The van der Waals surface area contributed by atoms with Crippen molar-refractivity contribution in [3.05, 3.63) is 16.5 Å². The van der Waals surface area contributed by atoms with Crippen LogP contribution in [0, 0.1) is 16.5 Å². The van der Waals surface area contributed by atoms with Crippen LogP contribution >= 0.6 is 67.8 Å². The number of aromatic hydroxyl groups is 1. The summed E-state index contributed by atoms with van der Waals surface area (Å²) in [7, 11) is -4.54. The van der Waals surface area contributed by atoms with Gasteiger partial charge in [-0.05, 0) is 67.8 Å². The Hall–Kier alpha value is 1.05. The molecule has 1 aromatic rings. The third-order valence-corrected chi connectivity index (χ3v) is 6.16. The number of benzene rings is 1. The highest BCUT2D eigenvalue weighted by Crippen LogP contribution is 2.37. The number of phenolic OH excluding ortho intramolecular Hbond substituents is 1. The van der Waals surface area contributed by atoms with E-state index in [1.807, 2.05) is 0 Å². The smallest absolute Gasteiger partial charge is 0.296 e. The molecule has 0 aliphatic carbocycles.